The zero-order valence-electron chi connectivity index (χ0n) is 35.7. The molecule has 0 bridgehead atoms. The van der Waals surface area contributed by atoms with Gasteiger partial charge in [-0.1, -0.05) is 18.2 Å². The van der Waals surface area contributed by atoms with Gasteiger partial charge >= 0.3 is 11.9 Å². The summed E-state index contributed by atoms with van der Waals surface area (Å²) in [5.41, 5.74) is 3.94. The molecule has 0 amide bonds. The number of nitrogens with zero attached hydrogens (tertiary/aromatic N) is 3. The summed E-state index contributed by atoms with van der Waals surface area (Å²) in [7, 11) is -9.04. The van der Waals surface area contributed by atoms with Crippen molar-refractivity contribution in [2.45, 2.75) is 64.4 Å². The van der Waals surface area contributed by atoms with Crippen LogP contribution in [0.5, 0.6) is 5.75 Å². The molecule has 64 heavy (non-hydrogen) atoms. The maximum atomic E-state index is 12.0. The third-order valence-corrected chi connectivity index (χ3v) is 13.2. The van der Waals surface area contributed by atoms with Gasteiger partial charge in [-0.3, -0.25) is 10.1 Å². The Labute approximate surface area is 370 Å². The molecule has 0 saturated carbocycles. The average molecular weight is 914 g/mol. The lowest BCUT2D eigenvalue weighted by molar-refractivity contribution is -0.437. The minimum absolute atomic E-state index is 0.0121. The second-order valence-corrected chi connectivity index (χ2v) is 19.7. The summed E-state index contributed by atoms with van der Waals surface area (Å²) >= 11 is 0. The van der Waals surface area contributed by atoms with Gasteiger partial charge in [0.2, 0.25) is 11.4 Å². The Kier molecular flexibility index (Phi) is 13.3. The number of carboxylic acid groups (broad SMARTS) is 2. The van der Waals surface area contributed by atoms with Crippen LogP contribution in [0.2, 0.25) is 0 Å². The van der Waals surface area contributed by atoms with Crippen LogP contribution in [-0.4, -0.2) is 98.2 Å². The number of allylic oxidation sites excluding steroid dienone is 2. The monoisotopic (exact) mass is 913 g/mol. The minimum Gasteiger partial charge on any atom is -0.748 e. The fourth-order valence-electron chi connectivity index (χ4n) is 8.40. The molecule has 0 fully saturated rings. The van der Waals surface area contributed by atoms with E-state index < -0.39 is 65.5 Å². The van der Waals surface area contributed by atoms with E-state index in [1.807, 2.05) is 55.1 Å². The predicted octanol–water partition coefficient (Wildman–Crippen LogP) is 7.18. The number of ether oxygens (including phenoxy) is 1. The Hall–Kier alpha value is -6.34. The highest BCUT2D eigenvalue weighted by molar-refractivity contribution is 7.85. The molecular weight excluding hydrogens is 867 g/mol. The standard InChI is InChI=1S/C46H47N3O13S2/c1-29(34-10-6-7-11-37(34)49(54)55)62-40-19-12-30(13-20-41-45(2,3)35-27-32(43(50)51)14-17-38(35)47(41)22-8-24-63(56,57)58)26-31(40)16-21-42-46(4,5)36-28-33(44(52)53)15-18-39(36)48(42)23-9-25-64(59,60)61/h6-7,10-21,26-29H,8-9,22-25H2,1-5H3,(H2-2,50,51,52,53,56,57,58,59,60,61)/b20-13+,21-16+. The number of rotatable bonds is 18. The molecule has 18 heteroatoms. The van der Waals surface area contributed by atoms with Crippen LogP contribution in [0.25, 0.3) is 12.2 Å². The van der Waals surface area contributed by atoms with E-state index in [1.54, 1.807) is 73.7 Å². The lowest BCUT2D eigenvalue weighted by atomic mass is 9.80. The largest absolute Gasteiger partial charge is 0.748 e. The van der Waals surface area contributed by atoms with Crippen molar-refractivity contribution < 1.29 is 64.6 Å². The summed E-state index contributed by atoms with van der Waals surface area (Å²) in [6.45, 7) is 9.55. The molecule has 1 unspecified atom stereocenters. The van der Waals surface area contributed by atoms with E-state index in [-0.39, 0.29) is 42.7 Å². The number of hydrogen-bond acceptors (Lipinski definition) is 11. The zero-order valence-corrected chi connectivity index (χ0v) is 37.3. The zero-order chi connectivity index (χ0) is 46.9. The van der Waals surface area contributed by atoms with E-state index in [9.17, 15) is 55.9 Å². The molecule has 2 N–H and O–H groups in total. The molecule has 0 saturated heterocycles. The van der Waals surface area contributed by atoms with Crippen LogP contribution in [0.3, 0.4) is 0 Å². The lowest BCUT2D eigenvalue weighted by Gasteiger charge is -2.18. The molecule has 0 aromatic heterocycles. The molecule has 4 aromatic carbocycles. The quantitative estimate of drug-likeness (QED) is 0.0435. The van der Waals surface area contributed by atoms with Crippen molar-refractivity contribution >= 4 is 72.8 Å². The first-order valence-electron chi connectivity index (χ1n) is 20.2. The van der Waals surface area contributed by atoms with Crippen molar-refractivity contribution in [3.8, 4) is 5.75 Å². The summed E-state index contributed by atoms with van der Waals surface area (Å²) in [4.78, 5) is 35.4. The van der Waals surface area contributed by atoms with E-state index in [4.69, 9.17) is 4.74 Å². The maximum Gasteiger partial charge on any atom is 0.335 e. The molecule has 16 nitrogen and oxygen atoms in total. The normalized spacial score (nSPS) is 16.0. The Morgan fingerprint density at radius 1 is 0.719 bits per heavy atom. The molecule has 2 heterocycles. The van der Waals surface area contributed by atoms with Crippen LogP contribution in [0.15, 0.2) is 91.0 Å². The number of aromatic carboxylic acids is 2. The summed E-state index contributed by atoms with van der Waals surface area (Å²) in [6, 6.07) is 20.9. The number of nitro groups is 1. The molecule has 336 valence electrons. The van der Waals surface area contributed by atoms with Crippen LogP contribution >= 0.6 is 0 Å². The van der Waals surface area contributed by atoms with Crippen molar-refractivity contribution in [1.82, 2.24) is 0 Å². The lowest BCUT2D eigenvalue weighted by Crippen LogP contribution is -2.28. The summed E-state index contributed by atoms with van der Waals surface area (Å²) in [6.07, 6.45) is 6.42. The van der Waals surface area contributed by atoms with Crippen LogP contribution < -0.4 is 4.74 Å². The topological polar surface area (TPSA) is 247 Å². The molecule has 0 radical (unpaired) electrons. The molecule has 4 aromatic rings. The number of benzene rings is 4. The first-order chi connectivity index (χ1) is 29.9. The molecule has 0 spiro atoms. The first kappa shape index (κ1) is 47.1. The van der Waals surface area contributed by atoms with Gasteiger partial charge in [-0.25, -0.2) is 26.4 Å². The fraction of sp³-hybridized carbons (Fsp3) is 0.304. The summed E-state index contributed by atoms with van der Waals surface area (Å²) < 4.78 is 79.6. The van der Waals surface area contributed by atoms with Crippen molar-refractivity contribution in [3.05, 3.63) is 140 Å². The Balaban J connectivity index is 1.47. The van der Waals surface area contributed by atoms with Gasteiger partial charge in [0.25, 0.3) is 5.69 Å². The van der Waals surface area contributed by atoms with Gasteiger partial charge in [0.15, 0.2) is 11.4 Å². The Morgan fingerprint density at radius 2 is 1.20 bits per heavy atom. The number of carbonyl (C=O) groups is 2. The molecular formula is C46H47N3O13S2. The van der Waals surface area contributed by atoms with Crippen LogP contribution in [0, 0.1) is 10.1 Å². The first-order valence-corrected chi connectivity index (χ1v) is 23.4. The SMILES string of the molecule is CC(Oc1ccc(/C=C/C2=[N+](CCCS(=O)(=O)[O-])c3ccc(C(=O)O)cc3C2(C)C)cc1/C=C/C1=[N+](CCCS(=O)(=O)[O-])c2ccc(C(=O)O)cc2C1(C)C)c1ccccc1[N+](=O)[O-]. The van der Waals surface area contributed by atoms with Crippen molar-refractivity contribution in [3.63, 3.8) is 0 Å². The Bertz CT molecular complexity index is 2930. The van der Waals surface area contributed by atoms with Gasteiger partial charge < -0.3 is 24.1 Å². The van der Waals surface area contributed by atoms with Crippen molar-refractivity contribution in [2.24, 2.45) is 0 Å². The van der Waals surface area contributed by atoms with Crippen LogP contribution in [0.1, 0.15) is 102 Å². The minimum atomic E-state index is -4.53. The third kappa shape index (κ3) is 10.2. The number of para-hydroxylation sites is 1. The highest BCUT2D eigenvalue weighted by Gasteiger charge is 2.46. The van der Waals surface area contributed by atoms with Gasteiger partial charge in [-0.15, -0.1) is 0 Å². The highest BCUT2D eigenvalue weighted by Crippen LogP contribution is 2.43. The molecule has 6 rings (SSSR count). The number of hydrogen-bond donors (Lipinski definition) is 2. The van der Waals surface area contributed by atoms with Gasteiger partial charge in [-0.2, -0.15) is 9.15 Å². The van der Waals surface area contributed by atoms with E-state index in [1.165, 1.54) is 18.2 Å². The van der Waals surface area contributed by atoms with E-state index in [0.717, 1.165) is 0 Å². The van der Waals surface area contributed by atoms with Crippen molar-refractivity contribution in [2.75, 3.05) is 24.6 Å². The smallest absolute Gasteiger partial charge is 0.335 e. The molecule has 0 aliphatic carbocycles. The van der Waals surface area contributed by atoms with E-state index in [0.29, 0.717) is 56.4 Å². The molecule has 1 atom stereocenters. The second-order valence-electron chi connectivity index (χ2n) is 16.7. The van der Waals surface area contributed by atoms with Gasteiger partial charge in [-0.05, 0) is 94.8 Å². The molecule has 2 aliphatic heterocycles. The maximum absolute atomic E-state index is 12.0. The van der Waals surface area contributed by atoms with Gasteiger partial charge in [0.1, 0.15) is 24.9 Å². The summed E-state index contributed by atoms with van der Waals surface area (Å²) in [5, 5.41) is 31.5. The second kappa shape index (κ2) is 18.0. The van der Waals surface area contributed by atoms with Gasteiger partial charge in [0, 0.05) is 71.4 Å². The predicted molar refractivity (Wildman–Crippen MR) is 237 cm³/mol. The van der Waals surface area contributed by atoms with Crippen LogP contribution in [0.4, 0.5) is 17.1 Å². The number of carboxylic acids is 2. The average Bonchev–Trinajstić information content (AvgIpc) is 3.55. The van der Waals surface area contributed by atoms with Crippen molar-refractivity contribution in [1.29, 1.82) is 0 Å². The fourth-order valence-corrected chi connectivity index (χ4v) is 9.37. The summed E-state index contributed by atoms with van der Waals surface area (Å²) in [5.74, 6) is -3.11. The number of nitro benzene ring substituents is 1. The molecule has 2 aliphatic rings. The third-order valence-electron chi connectivity index (χ3n) is 11.6. The van der Waals surface area contributed by atoms with Crippen LogP contribution in [-0.2, 0) is 31.1 Å². The Morgan fingerprint density at radius 3 is 1.67 bits per heavy atom. The highest BCUT2D eigenvalue weighted by atomic mass is 32.2. The van der Waals surface area contributed by atoms with Gasteiger partial charge in [0.05, 0.1) is 52.7 Å². The number of fused-ring (bicyclic) bond motifs is 2. The van der Waals surface area contributed by atoms with E-state index in [2.05, 4.69) is 0 Å². The van der Waals surface area contributed by atoms with E-state index >= 15 is 0 Å².